The second kappa shape index (κ2) is 8.39. The van der Waals surface area contributed by atoms with Crippen LogP contribution in [0.1, 0.15) is 31.9 Å². The Morgan fingerprint density at radius 2 is 1.37 bits per heavy atom. The smallest absolute Gasteiger partial charge is 0.460 e. The van der Waals surface area contributed by atoms with Crippen LogP contribution in [0.2, 0.25) is 0 Å². The second-order valence-corrected chi connectivity index (χ2v) is 6.92. The first-order valence-corrected chi connectivity index (χ1v) is 8.26. The van der Waals surface area contributed by atoms with Gasteiger partial charge in [0.1, 0.15) is 5.75 Å². The summed E-state index contributed by atoms with van der Waals surface area (Å²) in [6.07, 6.45) is -12.4. The Hall–Kier alpha value is -1.79. The van der Waals surface area contributed by atoms with Crippen molar-refractivity contribution in [1.29, 1.82) is 0 Å². The highest BCUT2D eigenvalue weighted by molar-refractivity contribution is 5.30. The van der Waals surface area contributed by atoms with Crippen molar-refractivity contribution in [2.45, 2.75) is 56.2 Å². The number of halogens is 11. The van der Waals surface area contributed by atoms with Crippen molar-refractivity contribution in [2.24, 2.45) is 5.92 Å². The van der Waals surface area contributed by atoms with Gasteiger partial charge in [-0.05, 0) is 23.6 Å². The molecule has 0 bridgehead atoms. The van der Waals surface area contributed by atoms with Gasteiger partial charge in [0, 0.05) is 6.42 Å². The third kappa shape index (κ3) is 4.92. The van der Waals surface area contributed by atoms with Crippen LogP contribution in [0.4, 0.5) is 48.3 Å². The first kappa shape index (κ1) is 26.2. The topological polar surface area (TPSA) is 29.5 Å². The maximum atomic E-state index is 13.8. The number of benzene rings is 1. The summed E-state index contributed by atoms with van der Waals surface area (Å²) in [6.45, 7) is 3.63. The van der Waals surface area contributed by atoms with Gasteiger partial charge in [-0.2, -0.15) is 48.3 Å². The largest absolute Gasteiger partial charge is 0.493 e. The lowest BCUT2D eigenvalue weighted by molar-refractivity contribution is -0.423. The number of rotatable bonds is 9. The molecule has 1 atom stereocenters. The molecule has 0 aliphatic carbocycles. The Morgan fingerprint density at radius 3 is 1.83 bits per heavy atom. The number of alkyl halides is 11. The molecule has 0 radical (unpaired) electrons. The standard InChI is InChI=1S/C17H17F11O2/c1-9(2)8-30-11-5-3-4-10(6-11)12(29)7-13(18,19)14(20,21)15(22,23)16(24,25)17(26,27)28/h3-6,9,12,29H,7-8H2,1-2H3. The van der Waals surface area contributed by atoms with Gasteiger partial charge in [0.25, 0.3) is 0 Å². The molecule has 13 heteroatoms. The van der Waals surface area contributed by atoms with Gasteiger partial charge in [-0.1, -0.05) is 26.0 Å². The third-order valence-electron chi connectivity index (χ3n) is 3.88. The average molecular weight is 462 g/mol. The van der Waals surface area contributed by atoms with Crippen molar-refractivity contribution >= 4 is 0 Å². The summed E-state index contributed by atoms with van der Waals surface area (Å²) in [5.41, 5.74) is -0.530. The highest BCUT2D eigenvalue weighted by atomic mass is 19.4. The quantitative estimate of drug-likeness (QED) is 0.440. The van der Waals surface area contributed by atoms with Gasteiger partial charge in [0.2, 0.25) is 0 Å². The molecule has 1 unspecified atom stereocenters. The molecule has 1 N–H and O–H groups in total. The first-order valence-electron chi connectivity index (χ1n) is 8.26. The van der Waals surface area contributed by atoms with Crippen molar-refractivity contribution in [2.75, 3.05) is 6.61 Å². The van der Waals surface area contributed by atoms with Crippen molar-refractivity contribution in [3.05, 3.63) is 29.8 Å². The molecule has 0 aliphatic heterocycles. The van der Waals surface area contributed by atoms with E-state index in [2.05, 4.69) is 0 Å². The Balaban J connectivity index is 3.15. The van der Waals surface area contributed by atoms with Gasteiger partial charge < -0.3 is 9.84 Å². The Morgan fingerprint density at radius 1 is 0.833 bits per heavy atom. The fourth-order valence-electron chi connectivity index (χ4n) is 2.17. The molecular formula is C17H17F11O2. The van der Waals surface area contributed by atoms with Crippen LogP contribution in [0.25, 0.3) is 0 Å². The lowest BCUT2D eigenvalue weighted by atomic mass is 9.92. The number of aliphatic hydroxyl groups excluding tert-OH is 1. The van der Waals surface area contributed by atoms with Crippen LogP contribution in [0.15, 0.2) is 24.3 Å². The van der Waals surface area contributed by atoms with Crippen LogP contribution in [-0.2, 0) is 0 Å². The molecule has 0 aromatic heterocycles. The van der Waals surface area contributed by atoms with E-state index in [4.69, 9.17) is 4.74 Å². The molecule has 0 saturated carbocycles. The molecule has 0 spiro atoms. The van der Waals surface area contributed by atoms with Crippen LogP contribution >= 0.6 is 0 Å². The molecule has 1 rings (SSSR count). The lowest BCUT2D eigenvalue weighted by Gasteiger charge is -2.37. The van der Waals surface area contributed by atoms with E-state index in [-0.39, 0.29) is 18.3 Å². The summed E-state index contributed by atoms with van der Waals surface area (Å²) in [5, 5.41) is 9.73. The normalized spacial score (nSPS) is 15.4. The molecule has 0 aliphatic rings. The van der Waals surface area contributed by atoms with Crippen LogP contribution in [0.5, 0.6) is 5.75 Å². The summed E-state index contributed by atoms with van der Waals surface area (Å²) in [6, 6.07) is 4.26. The highest BCUT2D eigenvalue weighted by Gasteiger charge is 2.87. The Labute approximate surface area is 163 Å². The fraction of sp³-hybridized carbons (Fsp3) is 0.647. The maximum absolute atomic E-state index is 13.8. The molecule has 0 amide bonds. The van der Waals surface area contributed by atoms with Crippen molar-refractivity contribution in [3.63, 3.8) is 0 Å². The van der Waals surface area contributed by atoms with E-state index in [9.17, 15) is 53.4 Å². The molecule has 30 heavy (non-hydrogen) atoms. The molecular weight excluding hydrogens is 445 g/mol. The minimum absolute atomic E-state index is 0.00994. The summed E-state index contributed by atoms with van der Waals surface area (Å²) < 4.78 is 148. The van der Waals surface area contributed by atoms with Crippen LogP contribution < -0.4 is 4.74 Å². The zero-order valence-corrected chi connectivity index (χ0v) is 15.4. The van der Waals surface area contributed by atoms with Gasteiger partial charge in [-0.3, -0.25) is 0 Å². The number of ether oxygens (including phenoxy) is 1. The molecule has 0 fully saturated rings. The van der Waals surface area contributed by atoms with Crippen molar-refractivity contribution in [3.8, 4) is 5.75 Å². The van der Waals surface area contributed by atoms with E-state index in [0.717, 1.165) is 18.2 Å². The number of hydrogen-bond donors (Lipinski definition) is 1. The van der Waals surface area contributed by atoms with E-state index in [1.54, 1.807) is 13.8 Å². The van der Waals surface area contributed by atoms with E-state index in [1.807, 2.05) is 0 Å². The van der Waals surface area contributed by atoms with Crippen molar-refractivity contribution < 1.29 is 58.1 Å². The maximum Gasteiger partial charge on any atom is 0.460 e. The molecule has 1 aromatic carbocycles. The molecule has 174 valence electrons. The minimum atomic E-state index is -7.50. The Bertz CT molecular complexity index is 714. The van der Waals surface area contributed by atoms with Gasteiger partial charge in [0.05, 0.1) is 12.7 Å². The monoisotopic (exact) mass is 462 g/mol. The first-order chi connectivity index (χ1) is 13.3. The summed E-state index contributed by atoms with van der Waals surface area (Å²) in [7, 11) is 0. The highest BCUT2D eigenvalue weighted by Crippen LogP contribution is 2.58. The number of aliphatic hydroxyl groups is 1. The second-order valence-electron chi connectivity index (χ2n) is 6.92. The Kier molecular flexibility index (Phi) is 7.34. The zero-order valence-electron chi connectivity index (χ0n) is 15.4. The fourth-order valence-corrected chi connectivity index (χ4v) is 2.17. The zero-order chi connectivity index (χ0) is 23.8. The van der Waals surface area contributed by atoms with Gasteiger partial charge in [-0.15, -0.1) is 0 Å². The number of hydrogen-bond acceptors (Lipinski definition) is 2. The molecule has 0 saturated heterocycles. The van der Waals surface area contributed by atoms with E-state index >= 15 is 0 Å². The van der Waals surface area contributed by atoms with E-state index in [0.29, 0.717) is 0 Å². The average Bonchev–Trinajstić information content (AvgIpc) is 2.58. The third-order valence-corrected chi connectivity index (χ3v) is 3.88. The van der Waals surface area contributed by atoms with Crippen molar-refractivity contribution in [1.82, 2.24) is 0 Å². The van der Waals surface area contributed by atoms with Crippen LogP contribution in [0, 0.1) is 5.92 Å². The SMILES string of the molecule is CC(C)COc1cccc(C(O)CC(F)(F)C(F)(F)C(F)(F)C(F)(F)C(F)(F)F)c1. The predicted octanol–water partition coefficient (Wildman–Crippen LogP) is 6.25. The predicted molar refractivity (Wildman–Crippen MR) is 82.2 cm³/mol. The summed E-state index contributed by atoms with van der Waals surface area (Å²) in [5.74, 6) is -28.2. The van der Waals surface area contributed by atoms with Crippen LogP contribution in [-0.4, -0.2) is 41.6 Å². The van der Waals surface area contributed by atoms with Gasteiger partial charge in [-0.25, -0.2) is 0 Å². The van der Waals surface area contributed by atoms with Gasteiger partial charge in [0.15, 0.2) is 0 Å². The van der Waals surface area contributed by atoms with Gasteiger partial charge >= 0.3 is 29.9 Å². The molecule has 0 heterocycles. The molecule has 1 aromatic rings. The molecule has 2 nitrogen and oxygen atoms in total. The summed E-state index contributed by atoms with van der Waals surface area (Å²) >= 11 is 0. The summed E-state index contributed by atoms with van der Waals surface area (Å²) in [4.78, 5) is 0. The van der Waals surface area contributed by atoms with E-state index < -0.39 is 48.0 Å². The minimum Gasteiger partial charge on any atom is -0.493 e. The van der Waals surface area contributed by atoms with E-state index in [1.165, 1.54) is 6.07 Å². The van der Waals surface area contributed by atoms with Crippen LogP contribution in [0.3, 0.4) is 0 Å². The lowest BCUT2D eigenvalue weighted by Crippen LogP contribution is -2.66.